The van der Waals surface area contributed by atoms with Gasteiger partial charge in [0.25, 0.3) is 0 Å². The average molecular weight is 302 g/mol. The molecule has 1 aromatic carbocycles. The van der Waals surface area contributed by atoms with Crippen molar-refractivity contribution in [1.82, 2.24) is 0 Å². The van der Waals surface area contributed by atoms with E-state index in [1.165, 1.54) is 31.2 Å². The first-order valence-electron chi connectivity index (χ1n) is 6.06. The Morgan fingerprint density at radius 2 is 1.67 bits per heavy atom. The van der Waals surface area contributed by atoms with Crippen molar-refractivity contribution in [3.63, 3.8) is 0 Å². The number of carbonyl (C=O) groups excluding carboxylic acids is 2. The molecule has 21 heavy (non-hydrogen) atoms. The molecule has 1 N–H and O–H groups in total. The minimum absolute atomic E-state index is 0.0145. The van der Waals surface area contributed by atoms with Crippen LogP contribution in [0.4, 0.5) is 13.2 Å². The number of rotatable bonds is 6. The van der Waals surface area contributed by atoms with Crippen LogP contribution in [0.15, 0.2) is 24.3 Å². The number of aliphatic carboxylic acids is 1. The van der Waals surface area contributed by atoms with E-state index in [1.807, 2.05) is 0 Å². The van der Waals surface area contributed by atoms with E-state index in [2.05, 4.69) is 0 Å². The molecular formula is C14H13F3O4. The lowest BCUT2D eigenvalue weighted by molar-refractivity contribution is -0.170. The zero-order valence-electron chi connectivity index (χ0n) is 11.1. The van der Waals surface area contributed by atoms with Gasteiger partial charge in [-0.2, -0.15) is 13.2 Å². The molecule has 1 unspecified atom stereocenters. The summed E-state index contributed by atoms with van der Waals surface area (Å²) >= 11 is 0. The van der Waals surface area contributed by atoms with Crippen LogP contribution in [0.2, 0.25) is 0 Å². The van der Waals surface area contributed by atoms with Crippen molar-refractivity contribution >= 4 is 17.5 Å². The van der Waals surface area contributed by atoms with Gasteiger partial charge < -0.3 is 5.11 Å². The molecular weight excluding hydrogens is 289 g/mol. The maximum Gasteiger partial charge on any atom is 0.450 e. The Balaban J connectivity index is 2.72. The van der Waals surface area contributed by atoms with Crippen LogP contribution in [0.5, 0.6) is 0 Å². The van der Waals surface area contributed by atoms with Crippen LogP contribution in [0.25, 0.3) is 0 Å². The fraction of sp³-hybridized carbons (Fsp3) is 0.357. The first kappa shape index (κ1) is 16.9. The highest BCUT2D eigenvalue weighted by molar-refractivity contribution is 6.09. The van der Waals surface area contributed by atoms with Crippen LogP contribution in [0.1, 0.15) is 29.3 Å². The molecule has 0 heterocycles. The number of benzene rings is 1. The van der Waals surface area contributed by atoms with Gasteiger partial charge in [0.1, 0.15) is 0 Å². The SMILES string of the molecule is CC(Cc1ccc(C(=O)CC(=O)C(F)(F)F)cc1)C(=O)O. The van der Waals surface area contributed by atoms with Gasteiger partial charge in [-0.25, -0.2) is 0 Å². The predicted octanol–water partition coefficient (Wildman–Crippen LogP) is 2.65. The molecule has 0 aromatic heterocycles. The maximum absolute atomic E-state index is 12.1. The van der Waals surface area contributed by atoms with Gasteiger partial charge in [-0.1, -0.05) is 31.2 Å². The molecule has 0 spiro atoms. The van der Waals surface area contributed by atoms with E-state index in [9.17, 15) is 27.6 Å². The van der Waals surface area contributed by atoms with Gasteiger partial charge >= 0.3 is 12.1 Å². The summed E-state index contributed by atoms with van der Waals surface area (Å²) in [5, 5.41) is 8.76. The van der Waals surface area contributed by atoms with E-state index < -0.39 is 36.1 Å². The van der Waals surface area contributed by atoms with E-state index in [0.717, 1.165) is 0 Å². The average Bonchev–Trinajstić information content (AvgIpc) is 2.38. The van der Waals surface area contributed by atoms with Gasteiger partial charge in [-0.15, -0.1) is 0 Å². The number of hydrogen-bond acceptors (Lipinski definition) is 3. The number of hydrogen-bond donors (Lipinski definition) is 1. The van der Waals surface area contributed by atoms with Crippen molar-refractivity contribution in [3.05, 3.63) is 35.4 Å². The fourth-order valence-corrected chi connectivity index (χ4v) is 1.62. The van der Waals surface area contributed by atoms with Crippen LogP contribution in [0.3, 0.4) is 0 Å². The summed E-state index contributed by atoms with van der Waals surface area (Å²) in [6.07, 6.45) is -6.01. The Morgan fingerprint density at radius 3 is 2.10 bits per heavy atom. The Kier molecular flexibility index (Phi) is 5.23. The summed E-state index contributed by atoms with van der Waals surface area (Å²) in [4.78, 5) is 32.9. The normalized spacial score (nSPS) is 12.8. The molecule has 7 heteroatoms. The zero-order chi connectivity index (χ0) is 16.2. The minimum Gasteiger partial charge on any atom is -0.481 e. The van der Waals surface area contributed by atoms with E-state index in [0.29, 0.717) is 5.56 Å². The molecule has 1 aromatic rings. The van der Waals surface area contributed by atoms with Crippen LogP contribution in [0, 0.1) is 5.92 Å². The summed E-state index contributed by atoms with van der Waals surface area (Å²) in [5.74, 6) is -4.59. The molecule has 0 radical (unpaired) electrons. The van der Waals surface area contributed by atoms with E-state index in [1.54, 1.807) is 0 Å². The lowest BCUT2D eigenvalue weighted by atomic mass is 9.98. The fourth-order valence-electron chi connectivity index (χ4n) is 1.62. The molecule has 0 saturated carbocycles. The summed E-state index contributed by atoms with van der Waals surface area (Å²) in [5.41, 5.74) is 0.628. The minimum atomic E-state index is -5.02. The molecule has 0 aliphatic rings. The molecule has 0 bridgehead atoms. The van der Waals surface area contributed by atoms with Crippen molar-refractivity contribution in [2.24, 2.45) is 5.92 Å². The highest BCUT2D eigenvalue weighted by atomic mass is 19.4. The Morgan fingerprint density at radius 1 is 1.14 bits per heavy atom. The summed E-state index contributed by atoms with van der Waals surface area (Å²) in [6, 6.07) is 5.50. The second-order valence-corrected chi connectivity index (χ2v) is 4.66. The predicted molar refractivity (Wildman–Crippen MR) is 67.0 cm³/mol. The Hall–Kier alpha value is -2.18. The van der Waals surface area contributed by atoms with Crippen molar-refractivity contribution in [2.75, 3.05) is 0 Å². The van der Waals surface area contributed by atoms with Gasteiger partial charge in [-0.05, 0) is 12.0 Å². The lowest BCUT2D eigenvalue weighted by Gasteiger charge is -2.07. The van der Waals surface area contributed by atoms with Gasteiger partial charge in [-0.3, -0.25) is 14.4 Å². The lowest BCUT2D eigenvalue weighted by Crippen LogP contribution is -2.25. The topological polar surface area (TPSA) is 71.4 Å². The van der Waals surface area contributed by atoms with Crippen molar-refractivity contribution in [3.8, 4) is 0 Å². The van der Waals surface area contributed by atoms with Crippen molar-refractivity contribution < 1.29 is 32.7 Å². The number of halogens is 3. The largest absolute Gasteiger partial charge is 0.481 e. The smallest absolute Gasteiger partial charge is 0.450 e. The van der Waals surface area contributed by atoms with Crippen LogP contribution < -0.4 is 0 Å². The summed E-state index contributed by atoms with van der Waals surface area (Å²) < 4.78 is 36.2. The molecule has 0 amide bonds. The monoisotopic (exact) mass is 302 g/mol. The number of carboxylic acid groups (broad SMARTS) is 1. The zero-order valence-corrected chi connectivity index (χ0v) is 11.1. The van der Waals surface area contributed by atoms with Gasteiger partial charge in [0.15, 0.2) is 5.78 Å². The third-order valence-electron chi connectivity index (χ3n) is 2.88. The molecule has 0 aliphatic carbocycles. The number of alkyl halides is 3. The second-order valence-electron chi connectivity index (χ2n) is 4.66. The standard InChI is InChI=1S/C14H13F3O4/c1-8(13(20)21)6-9-2-4-10(5-3-9)11(18)7-12(19)14(15,16)17/h2-5,8H,6-7H2,1H3,(H,20,21). The third kappa shape index (κ3) is 5.02. The highest BCUT2D eigenvalue weighted by Gasteiger charge is 2.39. The van der Waals surface area contributed by atoms with E-state index >= 15 is 0 Å². The second kappa shape index (κ2) is 6.51. The molecule has 0 aliphatic heterocycles. The molecule has 0 fully saturated rings. The molecule has 4 nitrogen and oxygen atoms in total. The van der Waals surface area contributed by atoms with Gasteiger partial charge in [0, 0.05) is 5.56 Å². The van der Waals surface area contributed by atoms with Crippen molar-refractivity contribution in [1.29, 1.82) is 0 Å². The number of carboxylic acids is 1. The van der Waals surface area contributed by atoms with Gasteiger partial charge in [0.05, 0.1) is 12.3 Å². The van der Waals surface area contributed by atoms with E-state index in [4.69, 9.17) is 5.11 Å². The molecule has 1 atom stereocenters. The summed E-state index contributed by atoms with van der Waals surface area (Å²) in [7, 11) is 0. The Bertz CT molecular complexity index is 546. The number of ketones is 2. The van der Waals surface area contributed by atoms with Crippen LogP contribution >= 0.6 is 0 Å². The number of Topliss-reactive ketones (excluding diaryl/α,β-unsaturated/α-hetero) is 2. The van der Waals surface area contributed by atoms with Crippen LogP contribution in [-0.4, -0.2) is 28.8 Å². The van der Waals surface area contributed by atoms with Crippen molar-refractivity contribution in [2.45, 2.75) is 25.9 Å². The molecule has 1 rings (SSSR count). The quantitative estimate of drug-likeness (QED) is 0.648. The van der Waals surface area contributed by atoms with Gasteiger partial charge in [0.2, 0.25) is 5.78 Å². The first-order chi connectivity index (χ1) is 9.61. The highest BCUT2D eigenvalue weighted by Crippen LogP contribution is 2.19. The third-order valence-corrected chi connectivity index (χ3v) is 2.88. The maximum atomic E-state index is 12.1. The van der Waals surface area contributed by atoms with E-state index in [-0.39, 0.29) is 12.0 Å². The molecule has 0 saturated heterocycles. The van der Waals surface area contributed by atoms with Crippen LogP contribution in [-0.2, 0) is 16.0 Å². The first-order valence-corrected chi connectivity index (χ1v) is 6.06. The number of carbonyl (C=O) groups is 3. The Labute approximate surface area is 118 Å². The molecule has 114 valence electrons. The summed E-state index contributed by atoms with van der Waals surface area (Å²) in [6.45, 7) is 1.52.